The van der Waals surface area contributed by atoms with E-state index in [1.54, 1.807) is 6.20 Å². The number of nitrogens with one attached hydrogen (secondary N) is 1. The van der Waals surface area contributed by atoms with Gasteiger partial charge in [-0.15, -0.1) is 11.6 Å². The molecule has 1 N–H and O–H groups in total. The predicted octanol–water partition coefficient (Wildman–Crippen LogP) is 1.11. The maximum atomic E-state index is 11.0. The maximum absolute atomic E-state index is 11.0. The number of sulfonamides is 1. The van der Waals surface area contributed by atoms with Gasteiger partial charge in [-0.05, 0) is 18.6 Å². The number of rotatable bonds is 6. The van der Waals surface area contributed by atoms with Gasteiger partial charge in [0.2, 0.25) is 10.0 Å². The Bertz CT molecular complexity index is 668. The Morgan fingerprint density at radius 2 is 2.26 bits per heavy atom. The van der Waals surface area contributed by atoms with Crippen molar-refractivity contribution in [3.8, 4) is 0 Å². The first-order chi connectivity index (χ1) is 9.01. The molecule has 0 aromatic carbocycles. The van der Waals surface area contributed by atoms with E-state index in [1.165, 1.54) is 0 Å². The second kappa shape index (κ2) is 5.85. The lowest BCUT2D eigenvalue weighted by molar-refractivity contribution is 0.574. The van der Waals surface area contributed by atoms with E-state index in [0.717, 1.165) is 23.2 Å². The standard InChI is InChI=1S/C11H15ClN4O2S/c1-19(17,18)14-6-3-7-16-10(8-12)15-9-4-2-5-13-11(9)16/h2,4-5,14H,3,6-8H2,1H3. The molecule has 0 unspecified atom stereocenters. The van der Waals surface area contributed by atoms with Crippen molar-refractivity contribution in [1.29, 1.82) is 0 Å². The van der Waals surface area contributed by atoms with Gasteiger partial charge in [0.25, 0.3) is 0 Å². The minimum absolute atomic E-state index is 0.301. The number of nitrogens with zero attached hydrogens (tertiary/aromatic N) is 3. The zero-order valence-electron chi connectivity index (χ0n) is 10.5. The molecule has 0 spiro atoms. The van der Waals surface area contributed by atoms with Crippen molar-refractivity contribution >= 4 is 32.8 Å². The van der Waals surface area contributed by atoms with E-state index >= 15 is 0 Å². The van der Waals surface area contributed by atoms with Gasteiger partial charge >= 0.3 is 0 Å². The molecule has 0 atom stereocenters. The van der Waals surface area contributed by atoms with Crippen LogP contribution in [0.5, 0.6) is 0 Å². The van der Waals surface area contributed by atoms with Crippen LogP contribution in [0.1, 0.15) is 12.2 Å². The first kappa shape index (κ1) is 14.2. The van der Waals surface area contributed by atoms with Crippen molar-refractivity contribution in [2.24, 2.45) is 0 Å². The van der Waals surface area contributed by atoms with Crippen LogP contribution in [0.2, 0.25) is 0 Å². The third-order valence-electron chi connectivity index (χ3n) is 2.63. The summed E-state index contributed by atoms with van der Waals surface area (Å²) in [6, 6.07) is 3.70. The molecule has 0 aliphatic heterocycles. The summed E-state index contributed by atoms with van der Waals surface area (Å²) in [7, 11) is -3.14. The fourth-order valence-electron chi connectivity index (χ4n) is 1.84. The molecule has 0 fully saturated rings. The number of hydrogen-bond acceptors (Lipinski definition) is 4. The molecule has 2 aromatic heterocycles. The summed E-state index contributed by atoms with van der Waals surface area (Å²) in [6.07, 6.45) is 3.50. The van der Waals surface area contributed by atoms with Gasteiger partial charge in [-0.2, -0.15) is 0 Å². The highest BCUT2D eigenvalue weighted by Crippen LogP contribution is 2.15. The monoisotopic (exact) mass is 302 g/mol. The summed E-state index contributed by atoms with van der Waals surface area (Å²) < 4.78 is 26.3. The molecule has 0 saturated heterocycles. The fourth-order valence-corrected chi connectivity index (χ4v) is 2.56. The molecule has 6 nitrogen and oxygen atoms in total. The van der Waals surface area contributed by atoms with E-state index in [-0.39, 0.29) is 0 Å². The quantitative estimate of drug-likeness (QED) is 0.640. The van der Waals surface area contributed by atoms with Crippen molar-refractivity contribution in [2.75, 3.05) is 12.8 Å². The van der Waals surface area contributed by atoms with Gasteiger partial charge in [0, 0.05) is 19.3 Å². The zero-order chi connectivity index (χ0) is 13.9. The topological polar surface area (TPSA) is 76.9 Å². The molecule has 0 aliphatic rings. The Hall–Kier alpha value is -1.18. The molecule has 0 aliphatic carbocycles. The van der Waals surface area contributed by atoms with Gasteiger partial charge in [-0.3, -0.25) is 0 Å². The van der Waals surface area contributed by atoms with Crippen molar-refractivity contribution in [2.45, 2.75) is 18.8 Å². The van der Waals surface area contributed by atoms with E-state index in [0.29, 0.717) is 25.4 Å². The summed E-state index contributed by atoms with van der Waals surface area (Å²) in [4.78, 5) is 8.67. The van der Waals surface area contributed by atoms with Gasteiger partial charge in [-0.1, -0.05) is 0 Å². The number of imidazole rings is 1. The van der Waals surface area contributed by atoms with Crippen LogP contribution in [0.4, 0.5) is 0 Å². The Balaban J connectivity index is 2.11. The summed E-state index contributed by atoms with van der Waals surface area (Å²) in [5, 5.41) is 0. The van der Waals surface area contributed by atoms with Gasteiger partial charge in [0.05, 0.1) is 12.1 Å². The molecule has 0 radical (unpaired) electrons. The van der Waals surface area contributed by atoms with Crippen LogP contribution in [-0.2, 0) is 22.4 Å². The number of alkyl halides is 1. The van der Waals surface area contributed by atoms with Gasteiger partial charge in [-0.25, -0.2) is 23.1 Å². The maximum Gasteiger partial charge on any atom is 0.208 e. The van der Waals surface area contributed by atoms with Crippen LogP contribution in [-0.4, -0.2) is 35.8 Å². The average Bonchev–Trinajstić information content (AvgIpc) is 2.71. The minimum atomic E-state index is -3.14. The van der Waals surface area contributed by atoms with Gasteiger partial charge < -0.3 is 4.57 Å². The number of fused-ring (bicyclic) bond motifs is 1. The molecule has 2 heterocycles. The fraction of sp³-hybridized carbons (Fsp3) is 0.455. The molecule has 2 aromatic rings. The molecule has 104 valence electrons. The molecular formula is C11H15ClN4O2S. The zero-order valence-corrected chi connectivity index (χ0v) is 12.1. The molecule has 2 rings (SSSR count). The van der Waals surface area contributed by atoms with Crippen LogP contribution in [0.3, 0.4) is 0 Å². The Kier molecular flexibility index (Phi) is 4.38. The summed E-state index contributed by atoms with van der Waals surface area (Å²) in [5.74, 6) is 1.05. The number of hydrogen-bond donors (Lipinski definition) is 1. The van der Waals surface area contributed by atoms with E-state index in [4.69, 9.17) is 11.6 Å². The smallest absolute Gasteiger partial charge is 0.208 e. The van der Waals surface area contributed by atoms with E-state index in [2.05, 4.69) is 14.7 Å². The third-order valence-corrected chi connectivity index (χ3v) is 3.59. The van der Waals surface area contributed by atoms with E-state index in [1.807, 2.05) is 16.7 Å². The second-order valence-corrected chi connectivity index (χ2v) is 6.28. The van der Waals surface area contributed by atoms with E-state index in [9.17, 15) is 8.42 Å². The largest absolute Gasteiger partial charge is 0.312 e. The lowest BCUT2D eigenvalue weighted by atomic mass is 10.4. The van der Waals surface area contributed by atoms with Crippen LogP contribution in [0.25, 0.3) is 11.2 Å². The van der Waals surface area contributed by atoms with Crippen molar-refractivity contribution in [1.82, 2.24) is 19.3 Å². The number of aromatic nitrogens is 3. The van der Waals surface area contributed by atoms with Crippen LogP contribution in [0, 0.1) is 0 Å². The third kappa shape index (κ3) is 3.65. The Morgan fingerprint density at radius 3 is 2.95 bits per heavy atom. The molecule has 0 bridgehead atoms. The molecule has 0 saturated carbocycles. The summed E-state index contributed by atoms with van der Waals surface area (Å²) >= 11 is 5.87. The van der Waals surface area contributed by atoms with Crippen LogP contribution in [0.15, 0.2) is 18.3 Å². The SMILES string of the molecule is CS(=O)(=O)NCCCn1c(CCl)nc2cccnc21. The van der Waals surface area contributed by atoms with Crippen molar-refractivity contribution in [3.05, 3.63) is 24.2 Å². The molecule has 8 heteroatoms. The second-order valence-electron chi connectivity index (χ2n) is 4.18. The normalized spacial score (nSPS) is 12.1. The van der Waals surface area contributed by atoms with Gasteiger partial charge in [0.15, 0.2) is 5.65 Å². The lowest BCUT2D eigenvalue weighted by Crippen LogP contribution is -2.24. The number of aryl methyl sites for hydroxylation is 1. The highest BCUT2D eigenvalue weighted by Gasteiger charge is 2.10. The van der Waals surface area contributed by atoms with Crippen molar-refractivity contribution < 1.29 is 8.42 Å². The minimum Gasteiger partial charge on any atom is -0.312 e. The first-order valence-electron chi connectivity index (χ1n) is 5.82. The number of pyridine rings is 1. The number of halogens is 1. The Morgan fingerprint density at radius 1 is 1.47 bits per heavy atom. The summed E-state index contributed by atoms with van der Waals surface area (Å²) in [5.41, 5.74) is 1.58. The highest BCUT2D eigenvalue weighted by molar-refractivity contribution is 7.88. The molecular weight excluding hydrogens is 288 g/mol. The van der Waals surface area contributed by atoms with Crippen molar-refractivity contribution in [3.63, 3.8) is 0 Å². The van der Waals surface area contributed by atoms with Crippen LogP contribution >= 0.6 is 11.6 Å². The summed E-state index contributed by atoms with van der Waals surface area (Å²) in [6.45, 7) is 1.01. The molecule has 19 heavy (non-hydrogen) atoms. The average molecular weight is 303 g/mol. The Labute approximate surface area is 116 Å². The first-order valence-corrected chi connectivity index (χ1v) is 8.24. The van der Waals surface area contributed by atoms with Crippen LogP contribution < -0.4 is 4.72 Å². The lowest BCUT2D eigenvalue weighted by Gasteiger charge is -2.07. The predicted molar refractivity (Wildman–Crippen MR) is 74.5 cm³/mol. The van der Waals surface area contributed by atoms with Gasteiger partial charge in [0.1, 0.15) is 11.3 Å². The highest BCUT2D eigenvalue weighted by atomic mass is 35.5. The molecule has 0 amide bonds. The van der Waals surface area contributed by atoms with E-state index < -0.39 is 10.0 Å².